The van der Waals surface area contributed by atoms with Gasteiger partial charge in [-0.05, 0) is 18.6 Å². The summed E-state index contributed by atoms with van der Waals surface area (Å²) in [5.41, 5.74) is 4.77. The molecule has 3 heterocycles. The molecule has 1 aromatic carbocycles. The first-order valence-corrected chi connectivity index (χ1v) is 10.8. The third kappa shape index (κ3) is 3.47. The Hall–Kier alpha value is -2.67. The van der Waals surface area contributed by atoms with E-state index in [0.717, 1.165) is 37.4 Å². The van der Waals surface area contributed by atoms with Crippen molar-refractivity contribution in [3.05, 3.63) is 59.9 Å². The maximum Gasteiger partial charge on any atom is 0.177 e. The van der Waals surface area contributed by atoms with Crippen molar-refractivity contribution in [2.24, 2.45) is 7.05 Å². The largest absolute Gasteiger partial charge is 0.356 e. The molecule has 27 heavy (non-hydrogen) atoms. The normalized spacial score (nSPS) is 14.7. The summed E-state index contributed by atoms with van der Waals surface area (Å²) in [6.07, 6.45) is 4.35. The van der Waals surface area contributed by atoms with Crippen LogP contribution in [0.3, 0.4) is 0 Å². The lowest BCUT2D eigenvalue weighted by molar-refractivity contribution is 0.601. The Kier molecular flexibility index (Phi) is 4.47. The average molecular weight is 382 g/mol. The van der Waals surface area contributed by atoms with Crippen LogP contribution in [0.5, 0.6) is 0 Å². The average Bonchev–Trinajstić information content (AvgIpc) is 2.83. The first-order valence-electron chi connectivity index (χ1n) is 8.95. The van der Waals surface area contributed by atoms with Crippen LogP contribution in [0.1, 0.15) is 11.3 Å². The van der Waals surface area contributed by atoms with Gasteiger partial charge in [0, 0.05) is 50.1 Å². The highest BCUT2D eigenvalue weighted by molar-refractivity contribution is 7.90. The van der Waals surface area contributed by atoms with Crippen molar-refractivity contribution in [2.45, 2.75) is 17.7 Å². The minimum atomic E-state index is -3.23. The fraction of sp³-hybridized carbons (Fsp3) is 0.300. The quantitative estimate of drug-likeness (QED) is 0.696. The maximum absolute atomic E-state index is 11.6. The highest BCUT2D eigenvalue weighted by Crippen LogP contribution is 2.29. The minimum Gasteiger partial charge on any atom is -0.356 e. The molecule has 3 aromatic rings. The number of benzene rings is 1. The second-order valence-corrected chi connectivity index (χ2v) is 8.89. The molecule has 0 bridgehead atoms. The Balaban J connectivity index is 1.60. The molecular formula is C20H22N4O2S. The maximum atomic E-state index is 11.6. The fourth-order valence-electron chi connectivity index (χ4n) is 3.65. The zero-order valence-corrected chi connectivity index (χ0v) is 16.3. The van der Waals surface area contributed by atoms with Crippen LogP contribution in [-0.4, -0.2) is 42.5 Å². The first kappa shape index (κ1) is 17.7. The molecule has 1 aliphatic rings. The highest BCUT2D eigenvalue weighted by Gasteiger charge is 2.23. The van der Waals surface area contributed by atoms with E-state index in [4.69, 9.17) is 5.10 Å². The molecule has 0 spiro atoms. The molecule has 0 saturated carbocycles. The van der Waals surface area contributed by atoms with Gasteiger partial charge in [-0.3, -0.25) is 4.68 Å². The van der Waals surface area contributed by atoms with E-state index in [1.165, 1.54) is 29.3 Å². The number of rotatable bonds is 3. The summed E-state index contributed by atoms with van der Waals surface area (Å²) >= 11 is 0. The number of hydrogen-bond donors (Lipinski definition) is 0. The van der Waals surface area contributed by atoms with Crippen molar-refractivity contribution in [2.75, 3.05) is 24.2 Å². The monoisotopic (exact) mass is 382 g/mol. The third-order valence-electron chi connectivity index (χ3n) is 5.00. The summed E-state index contributed by atoms with van der Waals surface area (Å²) in [5.74, 6) is 0.804. The van der Waals surface area contributed by atoms with Gasteiger partial charge in [0.1, 0.15) is 5.82 Å². The summed E-state index contributed by atoms with van der Waals surface area (Å²) in [6.45, 7) is 1.63. The highest BCUT2D eigenvalue weighted by atomic mass is 32.2. The van der Waals surface area contributed by atoms with E-state index in [0.29, 0.717) is 0 Å². The van der Waals surface area contributed by atoms with Crippen LogP contribution in [0.15, 0.2) is 53.6 Å². The smallest absolute Gasteiger partial charge is 0.177 e. The summed E-state index contributed by atoms with van der Waals surface area (Å²) < 4.78 is 25.2. The molecule has 1 aliphatic heterocycles. The molecule has 0 saturated heterocycles. The van der Waals surface area contributed by atoms with Crippen molar-refractivity contribution >= 4 is 15.7 Å². The Bertz CT molecular complexity index is 1060. The second-order valence-electron chi connectivity index (χ2n) is 6.87. The van der Waals surface area contributed by atoms with Gasteiger partial charge >= 0.3 is 0 Å². The number of aryl methyl sites for hydroxylation is 1. The Morgan fingerprint density at radius 3 is 2.41 bits per heavy atom. The van der Waals surface area contributed by atoms with E-state index in [-0.39, 0.29) is 4.90 Å². The van der Waals surface area contributed by atoms with Crippen LogP contribution in [0.2, 0.25) is 0 Å². The first-order chi connectivity index (χ1) is 12.9. The van der Waals surface area contributed by atoms with Crippen LogP contribution in [0, 0.1) is 0 Å². The van der Waals surface area contributed by atoms with Gasteiger partial charge < -0.3 is 4.90 Å². The number of pyridine rings is 1. The van der Waals surface area contributed by atoms with Crippen molar-refractivity contribution < 1.29 is 8.42 Å². The van der Waals surface area contributed by atoms with Gasteiger partial charge in [0.25, 0.3) is 0 Å². The molecular weight excluding hydrogens is 360 g/mol. The van der Waals surface area contributed by atoms with E-state index in [1.807, 2.05) is 29.9 Å². The molecule has 140 valence electrons. The SMILES string of the molecule is Cn1nc2c(c1-c1ccccc1)CCN(c1ccc(S(C)(=O)=O)cn1)CC2. The Morgan fingerprint density at radius 1 is 1.00 bits per heavy atom. The van der Waals surface area contributed by atoms with E-state index in [1.54, 1.807) is 12.1 Å². The zero-order valence-electron chi connectivity index (χ0n) is 15.5. The third-order valence-corrected chi connectivity index (χ3v) is 6.10. The number of fused-ring (bicyclic) bond motifs is 1. The lowest BCUT2D eigenvalue weighted by atomic mass is 10.0. The number of aromatic nitrogens is 3. The van der Waals surface area contributed by atoms with E-state index >= 15 is 0 Å². The predicted molar refractivity (Wildman–Crippen MR) is 106 cm³/mol. The topological polar surface area (TPSA) is 68.1 Å². The van der Waals surface area contributed by atoms with Crippen molar-refractivity contribution in [3.8, 4) is 11.3 Å². The van der Waals surface area contributed by atoms with Crippen LogP contribution in [-0.2, 0) is 29.7 Å². The zero-order chi connectivity index (χ0) is 19.0. The Labute approximate surface area is 159 Å². The lowest BCUT2D eigenvalue weighted by Gasteiger charge is -2.21. The second kappa shape index (κ2) is 6.81. The van der Waals surface area contributed by atoms with Crippen LogP contribution >= 0.6 is 0 Å². The molecule has 0 atom stereocenters. The van der Waals surface area contributed by atoms with E-state index < -0.39 is 9.84 Å². The van der Waals surface area contributed by atoms with Crippen LogP contribution in [0.4, 0.5) is 5.82 Å². The summed E-state index contributed by atoms with van der Waals surface area (Å²) in [7, 11) is -1.23. The van der Waals surface area contributed by atoms with Crippen LogP contribution in [0.25, 0.3) is 11.3 Å². The molecule has 0 unspecified atom stereocenters. The van der Waals surface area contributed by atoms with Crippen LogP contribution < -0.4 is 4.90 Å². The molecule has 0 N–H and O–H groups in total. The van der Waals surface area contributed by atoms with Gasteiger partial charge in [-0.25, -0.2) is 13.4 Å². The summed E-state index contributed by atoms with van der Waals surface area (Å²) in [5, 5.41) is 4.75. The fourth-order valence-corrected chi connectivity index (χ4v) is 4.21. The van der Waals surface area contributed by atoms with Gasteiger partial charge in [-0.2, -0.15) is 5.10 Å². The van der Waals surface area contributed by atoms with Crippen molar-refractivity contribution in [1.82, 2.24) is 14.8 Å². The molecule has 0 radical (unpaired) electrons. The minimum absolute atomic E-state index is 0.248. The Morgan fingerprint density at radius 2 is 1.74 bits per heavy atom. The summed E-state index contributed by atoms with van der Waals surface area (Å²) in [6, 6.07) is 13.8. The molecule has 0 fully saturated rings. The van der Waals surface area contributed by atoms with Crippen molar-refractivity contribution in [3.63, 3.8) is 0 Å². The standard InChI is InChI=1S/C20H22N4O2S/c1-23-20(15-6-4-3-5-7-15)17-10-12-24(13-11-18(17)22-23)19-9-8-16(14-21-19)27(2,25)26/h3-9,14H,10-13H2,1-2H3. The number of hydrogen-bond acceptors (Lipinski definition) is 5. The number of anilines is 1. The molecule has 7 heteroatoms. The molecule has 0 aliphatic carbocycles. The van der Waals surface area contributed by atoms with Crippen molar-refractivity contribution in [1.29, 1.82) is 0 Å². The molecule has 6 nitrogen and oxygen atoms in total. The lowest BCUT2D eigenvalue weighted by Crippen LogP contribution is -2.27. The predicted octanol–water partition coefficient (Wildman–Crippen LogP) is 2.49. The molecule has 0 amide bonds. The van der Waals surface area contributed by atoms with E-state index in [2.05, 4.69) is 22.0 Å². The summed E-state index contributed by atoms with van der Waals surface area (Å²) in [4.78, 5) is 6.82. The number of sulfone groups is 1. The van der Waals surface area contributed by atoms with Gasteiger partial charge in [-0.15, -0.1) is 0 Å². The molecule has 2 aromatic heterocycles. The van der Waals surface area contributed by atoms with Gasteiger partial charge in [0.05, 0.1) is 16.3 Å². The van der Waals surface area contributed by atoms with E-state index in [9.17, 15) is 8.42 Å². The van der Waals surface area contributed by atoms with Gasteiger partial charge in [0.15, 0.2) is 9.84 Å². The molecule has 4 rings (SSSR count). The van der Waals surface area contributed by atoms with Gasteiger partial charge in [-0.1, -0.05) is 30.3 Å². The number of nitrogens with zero attached hydrogens (tertiary/aromatic N) is 4. The van der Waals surface area contributed by atoms with Gasteiger partial charge in [0.2, 0.25) is 0 Å².